The minimum atomic E-state index is -0.633. The van der Waals surface area contributed by atoms with Gasteiger partial charge in [-0.25, -0.2) is 4.39 Å². The van der Waals surface area contributed by atoms with Gasteiger partial charge in [-0.3, -0.25) is 4.79 Å². The molecule has 0 aliphatic carbocycles. The van der Waals surface area contributed by atoms with Gasteiger partial charge < -0.3 is 0 Å². The quantitative estimate of drug-likeness (QED) is 0.491. The van der Waals surface area contributed by atoms with E-state index >= 15 is 0 Å². The van der Waals surface area contributed by atoms with Crippen LogP contribution >= 0.6 is 46.4 Å². The molecule has 2 aromatic rings. The summed E-state index contributed by atoms with van der Waals surface area (Å²) >= 11 is 23.9. The molecule has 0 atom stereocenters. The largest absolute Gasteiger partial charge is 0.298 e. The molecule has 1 nitrogen and oxygen atoms in total. The Morgan fingerprint density at radius 3 is 2.00 bits per heavy atom. The van der Waals surface area contributed by atoms with E-state index in [-0.39, 0.29) is 36.8 Å². The fraction of sp³-hybridized carbons (Fsp3) is 0. The molecule has 0 bridgehead atoms. The van der Waals surface area contributed by atoms with Crippen LogP contribution in [0.3, 0.4) is 0 Å². The van der Waals surface area contributed by atoms with E-state index in [1.807, 2.05) is 0 Å². The maximum absolute atomic E-state index is 14.0. The Bertz CT molecular complexity index is 644. The molecule has 0 aliphatic heterocycles. The van der Waals surface area contributed by atoms with Crippen molar-refractivity contribution in [1.82, 2.24) is 0 Å². The third kappa shape index (κ3) is 2.72. The van der Waals surface area contributed by atoms with Crippen LogP contribution in [0.1, 0.15) is 10.4 Å². The fourth-order valence-electron chi connectivity index (χ4n) is 1.62. The van der Waals surface area contributed by atoms with Gasteiger partial charge in [0, 0.05) is 16.7 Å². The predicted octanol–water partition coefficient (Wildman–Crippen LogP) is 5.92. The first-order valence-corrected chi connectivity index (χ1v) is 6.55. The second-order valence-electron chi connectivity index (χ2n) is 3.70. The highest BCUT2D eigenvalue weighted by atomic mass is 35.5. The molecule has 0 radical (unpaired) electrons. The molecule has 6 heteroatoms. The maximum atomic E-state index is 14.0. The molecule has 0 spiro atoms. The van der Waals surface area contributed by atoms with Crippen molar-refractivity contribution in [2.45, 2.75) is 0 Å². The minimum absolute atomic E-state index is 0.105. The van der Waals surface area contributed by atoms with Crippen LogP contribution in [0.15, 0.2) is 24.3 Å². The summed E-state index contributed by atoms with van der Waals surface area (Å²) in [6, 6.07) is 5.32. The summed E-state index contributed by atoms with van der Waals surface area (Å²) < 4.78 is 14.0. The first kappa shape index (κ1) is 14.6. The van der Waals surface area contributed by atoms with E-state index in [9.17, 15) is 9.18 Å². The lowest BCUT2D eigenvalue weighted by Gasteiger charge is -2.11. The molecule has 0 fully saturated rings. The Balaban J connectivity index is 2.75. The van der Waals surface area contributed by atoms with Gasteiger partial charge in [-0.15, -0.1) is 0 Å². The van der Waals surface area contributed by atoms with Gasteiger partial charge in [0.15, 0.2) is 0 Å². The number of hydrogen-bond acceptors (Lipinski definition) is 1. The van der Waals surface area contributed by atoms with E-state index < -0.39 is 5.82 Å². The van der Waals surface area contributed by atoms with Crippen molar-refractivity contribution in [2.24, 2.45) is 0 Å². The first-order valence-electron chi connectivity index (χ1n) is 5.03. The molecule has 19 heavy (non-hydrogen) atoms. The van der Waals surface area contributed by atoms with Crippen molar-refractivity contribution in [3.05, 3.63) is 55.7 Å². The molecule has 0 unspecified atom stereocenters. The van der Waals surface area contributed by atoms with E-state index in [1.54, 1.807) is 0 Å². The summed E-state index contributed by atoms with van der Waals surface area (Å²) in [6.07, 6.45) is 0.543. The van der Waals surface area contributed by atoms with Crippen LogP contribution in [0.25, 0.3) is 11.1 Å². The topological polar surface area (TPSA) is 17.1 Å². The van der Waals surface area contributed by atoms with E-state index in [0.29, 0.717) is 6.29 Å². The highest BCUT2D eigenvalue weighted by Crippen LogP contribution is 2.43. The third-order valence-corrected chi connectivity index (χ3v) is 4.09. The summed E-state index contributed by atoms with van der Waals surface area (Å²) in [5, 5.41) is 0.553. The van der Waals surface area contributed by atoms with Crippen molar-refractivity contribution >= 4 is 52.7 Å². The van der Waals surface area contributed by atoms with Crippen molar-refractivity contribution in [3.63, 3.8) is 0 Å². The SMILES string of the molecule is O=Cc1ccc(-c2c(Cl)c(Cl)cc(Cl)c2Cl)c(F)c1. The average molecular weight is 338 g/mol. The summed E-state index contributed by atoms with van der Waals surface area (Å²) in [5.74, 6) is -0.633. The van der Waals surface area contributed by atoms with Crippen LogP contribution in [0.5, 0.6) is 0 Å². The van der Waals surface area contributed by atoms with E-state index in [0.717, 1.165) is 6.07 Å². The van der Waals surface area contributed by atoms with E-state index in [1.165, 1.54) is 18.2 Å². The molecule has 0 N–H and O–H groups in total. The third-order valence-electron chi connectivity index (χ3n) is 2.51. The Labute approximate surface area is 128 Å². The van der Waals surface area contributed by atoms with Gasteiger partial charge in [-0.1, -0.05) is 58.5 Å². The number of carbonyl (C=O) groups excluding carboxylic acids is 1. The van der Waals surface area contributed by atoms with Crippen molar-refractivity contribution in [3.8, 4) is 11.1 Å². The van der Waals surface area contributed by atoms with Crippen LogP contribution in [-0.4, -0.2) is 6.29 Å². The van der Waals surface area contributed by atoms with E-state index in [2.05, 4.69) is 0 Å². The fourth-order valence-corrected chi connectivity index (χ4v) is 2.63. The lowest BCUT2D eigenvalue weighted by Crippen LogP contribution is -1.91. The monoisotopic (exact) mass is 336 g/mol. The molecule has 0 heterocycles. The molecule has 0 saturated carbocycles. The molecular weight excluding hydrogens is 333 g/mol. The van der Waals surface area contributed by atoms with Crippen LogP contribution in [0, 0.1) is 5.82 Å². The standard InChI is InChI=1S/C13H5Cl4FO/c14-8-4-9(15)13(17)11(12(8)16)7-2-1-6(5-19)3-10(7)18/h1-5H. The highest BCUT2D eigenvalue weighted by Gasteiger charge is 2.18. The Kier molecular flexibility index (Phi) is 4.36. The molecule has 0 aliphatic rings. The van der Waals surface area contributed by atoms with Crippen molar-refractivity contribution in [2.75, 3.05) is 0 Å². The lowest BCUT2D eigenvalue weighted by atomic mass is 10.0. The maximum Gasteiger partial charge on any atom is 0.150 e. The number of carbonyl (C=O) groups is 1. The Morgan fingerprint density at radius 2 is 1.53 bits per heavy atom. The van der Waals surface area contributed by atoms with Crippen LogP contribution in [0.2, 0.25) is 20.1 Å². The summed E-state index contributed by atoms with van der Waals surface area (Å²) in [4.78, 5) is 10.6. The zero-order valence-electron chi connectivity index (χ0n) is 9.18. The molecular formula is C13H5Cl4FO. The molecule has 98 valence electrons. The summed E-state index contributed by atoms with van der Waals surface area (Å²) in [7, 11) is 0. The number of benzene rings is 2. The van der Waals surface area contributed by atoms with Gasteiger partial charge in [-0.05, 0) is 12.1 Å². The van der Waals surface area contributed by atoms with Crippen molar-refractivity contribution < 1.29 is 9.18 Å². The lowest BCUT2D eigenvalue weighted by molar-refractivity contribution is 0.112. The summed E-state index contributed by atoms with van der Waals surface area (Å²) in [6.45, 7) is 0. The summed E-state index contributed by atoms with van der Waals surface area (Å²) in [5.41, 5.74) is 0.544. The second-order valence-corrected chi connectivity index (χ2v) is 5.27. The number of rotatable bonds is 2. The van der Waals surface area contributed by atoms with Crippen LogP contribution in [0.4, 0.5) is 4.39 Å². The number of halogens is 5. The molecule has 0 aromatic heterocycles. The molecule has 2 rings (SSSR count). The van der Waals surface area contributed by atoms with Gasteiger partial charge in [0.05, 0.1) is 20.1 Å². The minimum Gasteiger partial charge on any atom is -0.298 e. The van der Waals surface area contributed by atoms with Gasteiger partial charge in [0.2, 0.25) is 0 Å². The first-order chi connectivity index (χ1) is 8.95. The van der Waals surface area contributed by atoms with Crippen LogP contribution in [-0.2, 0) is 0 Å². The highest BCUT2D eigenvalue weighted by molar-refractivity contribution is 6.50. The number of aldehydes is 1. The zero-order valence-corrected chi connectivity index (χ0v) is 12.2. The average Bonchev–Trinajstić information content (AvgIpc) is 2.38. The Hall–Kier alpha value is -0.800. The van der Waals surface area contributed by atoms with Crippen LogP contribution < -0.4 is 0 Å². The number of hydrogen-bond donors (Lipinski definition) is 0. The molecule has 2 aromatic carbocycles. The predicted molar refractivity (Wildman–Crippen MR) is 77.3 cm³/mol. The Morgan fingerprint density at radius 1 is 0.947 bits per heavy atom. The van der Waals surface area contributed by atoms with Gasteiger partial charge in [0.1, 0.15) is 12.1 Å². The second kappa shape index (κ2) is 5.68. The smallest absolute Gasteiger partial charge is 0.150 e. The van der Waals surface area contributed by atoms with Crippen molar-refractivity contribution in [1.29, 1.82) is 0 Å². The van der Waals surface area contributed by atoms with Gasteiger partial charge in [0.25, 0.3) is 0 Å². The van der Waals surface area contributed by atoms with E-state index in [4.69, 9.17) is 46.4 Å². The normalized spacial score (nSPS) is 10.6. The van der Waals surface area contributed by atoms with Gasteiger partial charge in [-0.2, -0.15) is 0 Å². The molecule has 0 saturated heterocycles. The van der Waals surface area contributed by atoms with Gasteiger partial charge >= 0.3 is 0 Å². The zero-order chi connectivity index (χ0) is 14.2. The molecule has 0 amide bonds.